The highest BCUT2D eigenvalue weighted by Gasteiger charge is 2.38. The summed E-state index contributed by atoms with van der Waals surface area (Å²) in [5, 5.41) is 10.0. The van der Waals surface area contributed by atoms with E-state index in [4.69, 9.17) is 19.4 Å². The van der Waals surface area contributed by atoms with E-state index < -0.39 is 12.1 Å². The summed E-state index contributed by atoms with van der Waals surface area (Å²) in [7, 11) is 1.69. The summed E-state index contributed by atoms with van der Waals surface area (Å²) in [6, 6.07) is 12.0. The first kappa shape index (κ1) is 33.7. The van der Waals surface area contributed by atoms with Gasteiger partial charge in [-0.05, 0) is 54.8 Å². The molecule has 3 aliphatic heterocycles. The zero-order valence-corrected chi connectivity index (χ0v) is 25.8. The Bertz CT molecular complexity index is 1630. The number of pyridine rings is 1. The molecular formula is C33H36F3N5O6. The number of carbonyl (C=O) groups is 3. The topological polar surface area (TPSA) is 137 Å². The molecule has 2 fully saturated rings. The smallest absolute Gasteiger partial charge is 0.475 e. The maximum atomic E-state index is 13.5. The Hall–Kier alpha value is -4.69. The fourth-order valence-corrected chi connectivity index (χ4v) is 5.86. The zero-order valence-electron chi connectivity index (χ0n) is 25.8. The van der Waals surface area contributed by atoms with Crippen molar-refractivity contribution in [2.24, 2.45) is 0 Å². The minimum atomic E-state index is -5.08. The van der Waals surface area contributed by atoms with E-state index in [9.17, 15) is 22.8 Å². The summed E-state index contributed by atoms with van der Waals surface area (Å²) < 4.78 is 42.7. The summed E-state index contributed by atoms with van der Waals surface area (Å²) >= 11 is 0. The predicted octanol–water partition coefficient (Wildman–Crippen LogP) is 4.25. The molecule has 3 N–H and O–H groups in total. The van der Waals surface area contributed by atoms with Crippen molar-refractivity contribution >= 4 is 35.6 Å². The number of hydrogen-bond acceptors (Lipinski definition) is 7. The number of hydrogen-bond donors (Lipinski definition) is 3. The van der Waals surface area contributed by atoms with Crippen LogP contribution in [0.2, 0.25) is 0 Å². The molecule has 5 heterocycles. The summed E-state index contributed by atoms with van der Waals surface area (Å²) in [6.07, 6.45) is 3.53. The van der Waals surface area contributed by atoms with Crippen LogP contribution in [-0.2, 0) is 20.7 Å². The van der Waals surface area contributed by atoms with Crippen LogP contribution in [0.4, 0.5) is 18.9 Å². The number of methoxy groups -OCH3 is 1. The highest BCUT2D eigenvalue weighted by molar-refractivity contribution is 5.98. The highest BCUT2D eigenvalue weighted by atomic mass is 19.4. The number of carboxylic acid groups (broad SMARTS) is 1. The Kier molecular flexibility index (Phi) is 10.6. The predicted molar refractivity (Wildman–Crippen MR) is 168 cm³/mol. The van der Waals surface area contributed by atoms with Gasteiger partial charge in [0.25, 0.3) is 11.8 Å². The molecule has 1 atom stereocenters. The van der Waals surface area contributed by atoms with Gasteiger partial charge < -0.3 is 34.7 Å². The van der Waals surface area contributed by atoms with Crippen LogP contribution in [0, 0.1) is 0 Å². The third-order valence-corrected chi connectivity index (χ3v) is 8.20. The number of morpholine rings is 1. The van der Waals surface area contributed by atoms with Crippen molar-refractivity contribution in [3.05, 3.63) is 70.7 Å². The van der Waals surface area contributed by atoms with E-state index in [-0.39, 0.29) is 17.9 Å². The minimum absolute atomic E-state index is 0.0329. The van der Waals surface area contributed by atoms with Crippen LogP contribution in [-0.4, -0.2) is 103 Å². The molecule has 0 unspecified atom stereocenters. The number of nitrogens with zero attached hydrogens (tertiary/aromatic N) is 3. The van der Waals surface area contributed by atoms with Gasteiger partial charge in [-0.15, -0.1) is 0 Å². The minimum Gasteiger partial charge on any atom is -0.475 e. The number of alkyl halides is 3. The van der Waals surface area contributed by atoms with Crippen molar-refractivity contribution in [2.45, 2.75) is 31.5 Å². The number of anilines is 1. The lowest BCUT2D eigenvalue weighted by molar-refractivity contribution is -0.192. The second kappa shape index (κ2) is 14.8. The van der Waals surface area contributed by atoms with Crippen LogP contribution in [0.15, 0.2) is 42.6 Å². The number of aliphatic carboxylic acids is 1. The molecule has 0 radical (unpaired) electrons. The molecule has 2 amide bonds. The number of carbonyl (C=O) groups excluding carboxylic acids is 2. The first-order valence-electron chi connectivity index (χ1n) is 15.3. The van der Waals surface area contributed by atoms with Gasteiger partial charge in [0.2, 0.25) is 0 Å². The number of nitrogens with one attached hydrogen (secondary N) is 2. The lowest BCUT2D eigenvalue weighted by atomic mass is 10.0. The number of aromatic nitrogens is 2. The number of rotatable bonds is 7. The molecule has 0 bridgehead atoms. The molecule has 3 aliphatic rings. The van der Waals surface area contributed by atoms with Crippen molar-refractivity contribution in [1.29, 1.82) is 0 Å². The number of fused-ring (bicyclic) bond motifs is 1. The van der Waals surface area contributed by atoms with E-state index in [1.54, 1.807) is 13.3 Å². The van der Waals surface area contributed by atoms with Gasteiger partial charge in [0.15, 0.2) is 0 Å². The van der Waals surface area contributed by atoms with Crippen LogP contribution >= 0.6 is 0 Å². The molecule has 2 saturated heterocycles. The lowest BCUT2D eigenvalue weighted by Crippen LogP contribution is -2.39. The molecule has 6 rings (SSSR count). The van der Waals surface area contributed by atoms with Crippen molar-refractivity contribution < 1.29 is 42.1 Å². The highest BCUT2D eigenvalue weighted by Crippen LogP contribution is 2.29. The Balaban J connectivity index is 0.000000559. The molecule has 3 aromatic rings. The van der Waals surface area contributed by atoms with Crippen molar-refractivity contribution in [3.63, 3.8) is 0 Å². The van der Waals surface area contributed by atoms with Crippen LogP contribution < -0.4 is 10.2 Å². The quantitative estimate of drug-likeness (QED) is 0.344. The molecular weight excluding hydrogens is 619 g/mol. The standard InChI is InChI=1S/C31H35N5O4.C2HF3O2/c1-39-20-25-3-2-12-36(25)31(38)23-5-4-21(29(18-23)35-13-15-40-16-14-35)6-7-24-17-22(8-10-32-24)28-19-26-27(34-28)9-11-33-30(26)37;3-2(4,5)1(6)7/h4-8,10,17-19,25,34H,2-3,9,11-16,20H2,1H3,(H,33,37);(H,6,7)/b7-6+;/t25-;/m0./s1. The summed E-state index contributed by atoms with van der Waals surface area (Å²) in [5.41, 5.74) is 7.11. The number of halogens is 3. The van der Waals surface area contributed by atoms with Crippen molar-refractivity contribution in [3.8, 4) is 11.3 Å². The number of likely N-dealkylation sites (tertiary alicyclic amines) is 1. The van der Waals surface area contributed by atoms with E-state index in [2.05, 4.69) is 26.3 Å². The number of H-pyrrole nitrogens is 1. The van der Waals surface area contributed by atoms with Crippen molar-refractivity contribution in [1.82, 2.24) is 20.2 Å². The molecule has 11 nitrogen and oxygen atoms in total. The first-order chi connectivity index (χ1) is 22.5. The SMILES string of the molecule is COC[C@@H]1CCCN1C(=O)c1ccc(/C=C/c2cc(-c3cc4c([nH]3)CCNC4=O)ccn2)c(N2CCOCC2)c1.O=C(O)C(F)(F)F. The van der Waals surface area contributed by atoms with Crippen LogP contribution in [0.25, 0.3) is 23.4 Å². The summed E-state index contributed by atoms with van der Waals surface area (Å²) in [5.74, 6) is -2.73. The second-order valence-electron chi connectivity index (χ2n) is 11.3. The first-order valence-corrected chi connectivity index (χ1v) is 15.3. The zero-order chi connectivity index (χ0) is 33.6. The number of aromatic amines is 1. The summed E-state index contributed by atoms with van der Waals surface area (Å²) in [6.45, 7) is 4.83. The fourth-order valence-electron chi connectivity index (χ4n) is 5.86. The Labute approximate surface area is 269 Å². The van der Waals surface area contributed by atoms with E-state index in [1.807, 2.05) is 47.4 Å². The Morgan fingerprint density at radius 2 is 1.89 bits per heavy atom. The maximum absolute atomic E-state index is 13.5. The third kappa shape index (κ3) is 8.19. The third-order valence-electron chi connectivity index (χ3n) is 8.20. The summed E-state index contributed by atoms with van der Waals surface area (Å²) in [4.78, 5) is 46.8. The molecule has 0 spiro atoms. The van der Waals surface area contributed by atoms with E-state index in [0.29, 0.717) is 37.5 Å². The van der Waals surface area contributed by atoms with E-state index >= 15 is 0 Å². The van der Waals surface area contributed by atoms with Gasteiger partial charge in [-0.2, -0.15) is 13.2 Å². The van der Waals surface area contributed by atoms with Gasteiger partial charge in [0.1, 0.15) is 0 Å². The normalized spacial score (nSPS) is 18.0. The van der Waals surface area contributed by atoms with Crippen LogP contribution in [0.3, 0.4) is 0 Å². The number of benzene rings is 1. The second-order valence-corrected chi connectivity index (χ2v) is 11.3. The molecule has 250 valence electrons. The van der Waals surface area contributed by atoms with E-state index in [0.717, 1.165) is 72.8 Å². The van der Waals surface area contributed by atoms with Gasteiger partial charge in [-0.3, -0.25) is 14.6 Å². The molecule has 0 aliphatic carbocycles. The van der Waals surface area contributed by atoms with Crippen molar-refractivity contribution in [2.75, 3.05) is 58.0 Å². The van der Waals surface area contributed by atoms with Crippen LogP contribution in [0.5, 0.6) is 0 Å². The average Bonchev–Trinajstić information content (AvgIpc) is 3.72. The monoisotopic (exact) mass is 655 g/mol. The average molecular weight is 656 g/mol. The van der Waals surface area contributed by atoms with Gasteiger partial charge in [-0.25, -0.2) is 4.79 Å². The Morgan fingerprint density at radius 3 is 2.60 bits per heavy atom. The fraction of sp³-hybridized carbons (Fsp3) is 0.394. The molecule has 47 heavy (non-hydrogen) atoms. The molecule has 2 aromatic heterocycles. The molecule has 1 aromatic carbocycles. The lowest BCUT2D eigenvalue weighted by Gasteiger charge is -2.31. The number of amides is 2. The molecule has 0 saturated carbocycles. The van der Waals surface area contributed by atoms with Crippen LogP contribution in [0.1, 0.15) is 50.5 Å². The van der Waals surface area contributed by atoms with Gasteiger partial charge >= 0.3 is 12.1 Å². The van der Waals surface area contributed by atoms with Gasteiger partial charge in [0, 0.05) is 74.1 Å². The number of ether oxygens (including phenoxy) is 2. The molecule has 14 heteroatoms. The van der Waals surface area contributed by atoms with Gasteiger partial charge in [-0.1, -0.05) is 12.1 Å². The largest absolute Gasteiger partial charge is 0.490 e. The number of carboxylic acids is 1. The van der Waals surface area contributed by atoms with E-state index in [1.165, 1.54) is 0 Å². The maximum Gasteiger partial charge on any atom is 0.490 e. The Morgan fingerprint density at radius 1 is 1.13 bits per heavy atom. The van der Waals surface area contributed by atoms with Gasteiger partial charge in [0.05, 0.1) is 37.1 Å².